The van der Waals surface area contributed by atoms with Crippen molar-refractivity contribution in [2.45, 2.75) is 51.9 Å². The van der Waals surface area contributed by atoms with Crippen LogP contribution >= 0.6 is 11.3 Å². The van der Waals surface area contributed by atoms with Gasteiger partial charge in [0.1, 0.15) is 11.6 Å². The first-order chi connectivity index (χ1) is 13.9. The molecule has 29 heavy (non-hydrogen) atoms. The Bertz CT molecular complexity index is 947. The van der Waals surface area contributed by atoms with E-state index in [-0.39, 0.29) is 5.92 Å². The molecule has 8 nitrogen and oxygen atoms in total. The van der Waals surface area contributed by atoms with Crippen molar-refractivity contribution in [3.63, 3.8) is 0 Å². The molecule has 0 aliphatic carbocycles. The number of hydrogen-bond donors (Lipinski definition) is 1. The Balaban J connectivity index is 1.43. The van der Waals surface area contributed by atoms with Crippen LogP contribution in [0, 0.1) is 13.8 Å². The molecule has 0 aromatic carbocycles. The van der Waals surface area contributed by atoms with Gasteiger partial charge in [-0.25, -0.2) is 15.0 Å². The maximum Gasteiger partial charge on any atom is 0.281 e. The molecule has 2 aliphatic heterocycles. The molecule has 10 heteroatoms. The second-order valence-corrected chi connectivity index (χ2v) is 10.9. The third-order valence-corrected chi connectivity index (χ3v) is 8.42. The standard InChI is InChI=1S/C19H28N6O2S2/c1-14-13-20-19(28-14)23-18-12-17(21-15(2)22-18)16-6-10-25(11-7-16)29(26,27)24-8-4-3-5-9-24/h12-13,16H,3-11H2,1-2H3,(H,20,21,22,23). The third-order valence-electron chi connectivity index (χ3n) is 5.55. The minimum atomic E-state index is -3.33. The van der Waals surface area contributed by atoms with Crippen LogP contribution in [0.5, 0.6) is 0 Å². The molecular formula is C19H28N6O2S2. The van der Waals surface area contributed by atoms with E-state index >= 15 is 0 Å². The van der Waals surface area contributed by atoms with Crippen LogP contribution in [0.1, 0.15) is 54.4 Å². The minimum Gasteiger partial charge on any atom is -0.316 e. The summed E-state index contributed by atoms with van der Waals surface area (Å²) in [7, 11) is -3.33. The fourth-order valence-electron chi connectivity index (χ4n) is 4.03. The van der Waals surface area contributed by atoms with E-state index in [1.54, 1.807) is 19.9 Å². The summed E-state index contributed by atoms with van der Waals surface area (Å²) in [6, 6.07) is 1.98. The second kappa shape index (κ2) is 8.63. The molecular weight excluding hydrogens is 408 g/mol. The molecule has 0 radical (unpaired) electrons. The fraction of sp³-hybridized carbons (Fsp3) is 0.632. The van der Waals surface area contributed by atoms with E-state index in [1.165, 1.54) is 0 Å². The van der Waals surface area contributed by atoms with E-state index in [0.717, 1.165) is 53.6 Å². The lowest BCUT2D eigenvalue weighted by atomic mass is 9.94. The first kappa shape index (κ1) is 20.6. The van der Waals surface area contributed by atoms with E-state index in [2.05, 4.69) is 20.3 Å². The number of anilines is 2. The van der Waals surface area contributed by atoms with Gasteiger partial charge in [0.15, 0.2) is 5.13 Å². The van der Waals surface area contributed by atoms with Crippen molar-refractivity contribution in [2.24, 2.45) is 0 Å². The Morgan fingerprint density at radius 3 is 2.38 bits per heavy atom. The Labute approximate surface area is 176 Å². The Morgan fingerprint density at radius 2 is 1.72 bits per heavy atom. The first-order valence-electron chi connectivity index (χ1n) is 10.2. The average molecular weight is 437 g/mol. The van der Waals surface area contributed by atoms with Crippen LogP contribution in [0.3, 0.4) is 0 Å². The highest BCUT2D eigenvalue weighted by atomic mass is 32.2. The van der Waals surface area contributed by atoms with E-state index in [9.17, 15) is 8.42 Å². The van der Waals surface area contributed by atoms with Gasteiger partial charge in [-0.2, -0.15) is 17.0 Å². The minimum absolute atomic E-state index is 0.239. The number of piperidine rings is 2. The summed E-state index contributed by atoms with van der Waals surface area (Å²) in [6.07, 6.45) is 6.44. The number of aromatic nitrogens is 3. The van der Waals surface area contributed by atoms with Crippen molar-refractivity contribution in [3.05, 3.63) is 28.7 Å². The number of thiazole rings is 1. The van der Waals surface area contributed by atoms with Gasteiger partial charge in [0, 0.05) is 54.9 Å². The van der Waals surface area contributed by atoms with Crippen LogP contribution in [0.25, 0.3) is 0 Å². The summed E-state index contributed by atoms with van der Waals surface area (Å²) in [5, 5.41) is 4.08. The number of nitrogens with one attached hydrogen (secondary N) is 1. The molecule has 4 heterocycles. The van der Waals surface area contributed by atoms with Gasteiger partial charge in [-0.05, 0) is 39.5 Å². The van der Waals surface area contributed by atoms with E-state index in [4.69, 9.17) is 0 Å². The fourth-order valence-corrected chi connectivity index (χ4v) is 6.42. The van der Waals surface area contributed by atoms with Crippen LogP contribution in [-0.4, -0.2) is 58.2 Å². The molecule has 2 aromatic rings. The smallest absolute Gasteiger partial charge is 0.281 e. The summed E-state index contributed by atoms with van der Waals surface area (Å²) in [6.45, 7) is 6.29. The van der Waals surface area contributed by atoms with Crippen molar-refractivity contribution >= 4 is 32.5 Å². The number of hydrogen-bond acceptors (Lipinski definition) is 7. The van der Waals surface area contributed by atoms with Crippen LogP contribution in [-0.2, 0) is 10.2 Å². The molecule has 2 aliphatic rings. The van der Waals surface area contributed by atoms with Crippen molar-refractivity contribution in [3.8, 4) is 0 Å². The maximum absolute atomic E-state index is 12.9. The lowest BCUT2D eigenvalue weighted by Crippen LogP contribution is -2.48. The van der Waals surface area contributed by atoms with Gasteiger partial charge in [-0.15, -0.1) is 11.3 Å². The predicted molar refractivity (Wildman–Crippen MR) is 115 cm³/mol. The van der Waals surface area contributed by atoms with Gasteiger partial charge >= 0.3 is 0 Å². The van der Waals surface area contributed by atoms with Gasteiger partial charge in [0.2, 0.25) is 0 Å². The molecule has 0 spiro atoms. The Kier molecular flexibility index (Phi) is 6.14. The van der Waals surface area contributed by atoms with Gasteiger partial charge in [-0.3, -0.25) is 0 Å². The van der Waals surface area contributed by atoms with Gasteiger partial charge in [0.25, 0.3) is 10.2 Å². The van der Waals surface area contributed by atoms with Gasteiger partial charge in [0.05, 0.1) is 0 Å². The van der Waals surface area contributed by atoms with E-state index < -0.39 is 10.2 Å². The van der Waals surface area contributed by atoms with Crippen molar-refractivity contribution in [1.29, 1.82) is 0 Å². The average Bonchev–Trinajstić information content (AvgIpc) is 3.13. The van der Waals surface area contributed by atoms with Crippen molar-refractivity contribution in [2.75, 3.05) is 31.5 Å². The maximum atomic E-state index is 12.9. The number of rotatable bonds is 5. The summed E-state index contributed by atoms with van der Waals surface area (Å²) >= 11 is 1.59. The summed E-state index contributed by atoms with van der Waals surface area (Å²) in [5.41, 5.74) is 0.975. The van der Waals surface area contributed by atoms with Crippen LogP contribution in [0.4, 0.5) is 10.9 Å². The molecule has 2 aromatic heterocycles. The topological polar surface area (TPSA) is 91.3 Å². The largest absolute Gasteiger partial charge is 0.316 e. The Morgan fingerprint density at radius 1 is 1.03 bits per heavy atom. The molecule has 0 atom stereocenters. The van der Waals surface area contributed by atoms with Crippen molar-refractivity contribution < 1.29 is 8.42 Å². The quantitative estimate of drug-likeness (QED) is 0.774. The highest BCUT2D eigenvalue weighted by Crippen LogP contribution is 2.31. The number of aryl methyl sites for hydroxylation is 2. The highest BCUT2D eigenvalue weighted by molar-refractivity contribution is 7.86. The van der Waals surface area contributed by atoms with Crippen LogP contribution in [0.2, 0.25) is 0 Å². The summed E-state index contributed by atoms with van der Waals surface area (Å²) in [5.74, 6) is 1.69. The predicted octanol–water partition coefficient (Wildman–Crippen LogP) is 3.20. The Hall–Kier alpha value is -1.62. The normalized spacial score (nSPS) is 20.1. The molecule has 0 bridgehead atoms. The molecule has 2 saturated heterocycles. The highest BCUT2D eigenvalue weighted by Gasteiger charge is 2.34. The molecule has 0 amide bonds. The van der Waals surface area contributed by atoms with Gasteiger partial charge in [-0.1, -0.05) is 6.42 Å². The molecule has 0 unspecified atom stereocenters. The summed E-state index contributed by atoms with van der Waals surface area (Å²) < 4.78 is 29.1. The zero-order valence-corrected chi connectivity index (χ0v) is 18.6. The third kappa shape index (κ3) is 4.76. The lowest BCUT2D eigenvalue weighted by molar-refractivity contribution is 0.269. The SMILES string of the molecule is Cc1nc(Nc2ncc(C)s2)cc(C2CCN(S(=O)(=O)N3CCCCC3)CC2)n1. The van der Waals surface area contributed by atoms with Crippen molar-refractivity contribution in [1.82, 2.24) is 23.6 Å². The zero-order chi connectivity index (χ0) is 20.4. The molecule has 2 fully saturated rings. The molecule has 4 rings (SSSR count). The van der Waals surface area contributed by atoms with Crippen LogP contribution in [0.15, 0.2) is 12.3 Å². The van der Waals surface area contributed by atoms with Gasteiger partial charge < -0.3 is 5.32 Å². The van der Waals surface area contributed by atoms with E-state index in [0.29, 0.717) is 32.0 Å². The molecule has 158 valence electrons. The monoisotopic (exact) mass is 436 g/mol. The van der Waals surface area contributed by atoms with E-state index in [1.807, 2.05) is 26.1 Å². The zero-order valence-electron chi connectivity index (χ0n) is 17.0. The second-order valence-electron chi connectivity index (χ2n) is 7.77. The molecule has 0 saturated carbocycles. The first-order valence-corrected chi connectivity index (χ1v) is 12.4. The lowest BCUT2D eigenvalue weighted by Gasteiger charge is -2.36. The van der Waals surface area contributed by atoms with Crippen LogP contribution < -0.4 is 5.32 Å². The number of nitrogens with zero attached hydrogens (tertiary/aromatic N) is 5. The molecule has 1 N–H and O–H groups in total. The summed E-state index contributed by atoms with van der Waals surface area (Å²) in [4.78, 5) is 14.6.